The molecule has 0 radical (unpaired) electrons. The minimum atomic E-state index is 0. The van der Waals surface area contributed by atoms with Crippen molar-refractivity contribution in [3.8, 4) is 11.5 Å². The number of ether oxygens (including phenoxy) is 1. The van der Waals surface area contributed by atoms with E-state index in [0.29, 0.717) is 11.6 Å². The molecule has 0 unspecified atom stereocenters. The van der Waals surface area contributed by atoms with Crippen molar-refractivity contribution in [3.63, 3.8) is 0 Å². The lowest BCUT2D eigenvalue weighted by atomic mass is 10.2. The van der Waals surface area contributed by atoms with Gasteiger partial charge >= 0.3 is 0 Å². The number of nitrogens with zero attached hydrogens (tertiary/aromatic N) is 3. The summed E-state index contributed by atoms with van der Waals surface area (Å²) in [5.74, 6) is 2.05. The zero-order chi connectivity index (χ0) is 20.3. The van der Waals surface area contributed by atoms with Gasteiger partial charge in [-0.05, 0) is 25.1 Å². The molecule has 0 aliphatic carbocycles. The second-order valence-corrected chi connectivity index (χ2v) is 8.77. The highest BCUT2D eigenvalue weighted by Gasteiger charge is 2.17. The van der Waals surface area contributed by atoms with E-state index in [1.54, 1.807) is 23.1 Å². The van der Waals surface area contributed by atoms with Gasteiger partial charge in [0.2, 0.25) is 0 Å². The van der Waals surface area contributed by atoms with Crippen LogP contribution in [0.3, 0.4) is 0 Å². The van der Waals surface area contributed by atoms with Gasteiger partial charge in [-0.25, -0.2) is 9.97 Å². The summed E-state index contributed by atoms with van der Waals surface area (Å²) in [6.45, 7) is 3.63. The molecule has 0 atom stereocenters. The fourth-order valence-corrected chi connectivity index (χ4v) is 4.82. The van der Waals surface area contributed by atoms with Gasteiger partial charge in [0, 0.05) is 52.3 Å². The van der Waals surface area contributed by atoms with Crippen molar-refractivity contribution in [1.82, 2.24) is 20.3 Å². The predicted molar refractivity (Wildman–Crippen MR) is 127 cm³/mol. The molecule has 0 saturated heterocycles. The van der Waals surface area contributed by atoms with Crippen LogP contribution >= 0.6 is 23.1 Å². The summed E-state index contributed by atoms with van der Waals surface area (Å²) in [4.78, 5) is 15.8. The Kier molecular flexibility index (Phi) is 6.50. The summed E-state index contributed by atoms with van der Waals surface area (Å²) in [6.07, 6.45) is 3.73. The summed E-state index contributed by atoms with van der Waals surface area (Å²) < 4.78 is 6.17. The van der Waals surface area contributed by atoms with Crippen LogP contribution < -0.4 is 15.4 Å². The highest BCUT2D eigenvalue weighted by molar-refractivity contribution is 7.99. The highest BCUT2D eigenvalue weighted by atomic mass is 32.2. The molecule has 3 aromatic heterocycles. The number of thiazole rings is 1. The van der Waals surface area contributed by atoms with Gasteiger partial charge in [0.05, 0.1) is 11.4 Å². The lowest BCUT2D eigenvalue weighted by Gasteiger charge is -2.13. The molecule has 1 aromatic carbocycles. The fourth-order valence-electron chi connectivity index (χ4n) is 3.17. The average Bonchev–Trinajstić information content (AvgIpc) is 3.40. The first-order valence-electron chi connectivity index (χ1n) is 9.52. The van der Waals surface area contributed by atoms with Gasteiger partial charge < -0.3 is 15.4 Å². The van der Waals surface area contributed by atoms with E-state index >= 15 is 0 Å². The number of para-hydroxylation sites is 1. The van der Waals surface area contributed by atoms with Gasteiger partial charge in [-0.2, -0.15) is 0 Å². The van der Waals surface area contributed by atoms with E-state index in [9.17, 15) is 0 Å². The Balaban J connectivity index is 0.00000231. The Morgan fingerprint density at radius 1 is 1.13 bits per heavy atom. The Morgan fingerprint density at radius 3 is 2.81 bits per heavy atom. The maximum absolute atomic E-state index is 6.17. The van der Waals surface area contributed by atoms with Crippen LogP contribution in [-0.2, 0) is 13.1 Å². The second kappa shape index (κ2) is 9.47. The van der Waals surface area contributed by atoms with Gasteiger partial charge in [-0.3, -0.25) is 4.98 Å². The van der Waals surface area contributed by atoms with Gasteiger partial charge in [0.1, 0.15) is 5.75 Å². The van der Waals surface area contributed by atoms with Crippen LogP contribution in [0, 0.1) is 6.92 Å². The largest absolute Gasteiger partial charge is 0.453 e. The molecule has 0 spiro atoms. The molecule has 4 heterocycles. The average molecular weight is 450 g/mol. The smallest absolute Gasteiger partial charge is 0.188 e. The number of hydrogen-bond acceptors (Lipinski definition) is 8. The van der Waals surface area contributed by atoms with Crippen molar-refractivity contribution < 1.29 is 4.74 Å². The topological polar surface area (TPSA) is 72.0 Å². The summed E-state index contributed by atoms with van der Waals surface area (Å²) in [5.41, 5.74) is 3.35. The number of pyridine rings is 2. The number of anilines is 2. The molecular weight excluding hydrogens is 426 g/mol. The monoisotopic (exact) mass is 449 g/mol. The van der Waals surface area contributed by atoms with Crippen LogP contribution in [0.25, 0.3) is 0 Å². The zero-order valence-corrected chi connectivity index (χ0v) is 17.9. The zero-order valence-electron chi connectivity index (χ0n) is 16.3. The molecule has 5 rings (SSSR count). The molecule has 0 saturated carbocycles. The summed E-state index contributed by atoms with van der Waals surface area (Å²) in [5, 5.41) is 9.44. The van der Waals surface area contributed by atoms with E-state index in [-0.39, 0.29) is 7.43 Å². The van der Waals surface area contributed by atoms with Crippen LogP contribution in [0.1, 0.15) is 24.4 Å². The Bertz CT molecular complexity index is 1180. The first kappa shape index (κ1) is 21.3. The number of rotatable bonds is 6. The molecule has 8 heteroatoms. The van der Waals surface area contributed by atoms with E-state index in [2.05, 4.69) is 31.7 Å². The molecular formula is C23H23N5OS2. The van der Waals surface area contributed by atoms with Crippen molar-refractivity contribution in [2.75, 3.05) is 5.32 Å². The third kappa shape index (κ3) is 4.87. The van der Waals surface area contributed by atoms with Gasteiger partial charge in [-0.15, -0.1) is 11.3 Å². The molecule has 0 amide bonds. The first-order valence-corrected chi connectivity index (χ1v) is 11.2. The molecule has 1 aliphatic rings. The van der Waals surface area contributed by atoms with E-state index in [4.69, 9.17) is 4.74 Å². The van der Waals surface area contributed by atoms with Crippen molar-refractivity contribution in [2.24, 2.45) is 0 Å². The molecule has 6 nitrogen and oxygen atoms in total. The van der Waals surface area contributed by atoms with Crippen LogP contribution in [0.4, 0.5) is 10.9 Å². The summed E-state index contributed by atoms with van der Waals surface area (Å²) in [6, 6.07) is 13.8. The fraction of sp³-hybridized carbons (Fsp3) is 0.174. The van der Waals surface area contributed by atoms with Crippen molar-refractivity contribution >= 4 is 34.0 Å². The lowest BCUT2D eigenvalue weighted by Crippen LogP contribution is -2.00. The van der Waals surface area contributed by atoms with E-state index in [0.717, 1.165) is 40.3 Å². The van der Waals surface area contributed by atoms with Crippen LogP contribution in [0.2, 0.25) is 0 Å². The molecule has 158 valence electrons. The van der Waals surface area contributed by atoms with Crippen LogP contribution in [-0.4, -0.2) is 15.0 Å². The summed E-state index contributed by atoms with van der Waals surface area (Å²) in [7, 11) is 0. The number of benzene rings is 1. The number of aryl methyl sites for hydroxylation is 1. The summed E-state index contributed by atoms with van der Waals surface area (Å²) >= 11 is 3.22. The Hall–Kier alpha value is -2.94. The third-order valence-electron chi connectivity index (χ3n) is 4.57. The number of nitrogens with one attached hydrogen (secondary N) is 2. The molecule has 0 fully saturated rings. The third-order valence-corrected chi connectivity index (χ3v) is 6.50. The molecule has 0 bridgehead atoms. The standard InChI is InChI=1S/C22H19N5OS2.CH4/c1-14-13-29-22(26-14)27-21-19(28-15-5-3-2-4-6-15)9-16(10-25-21)30-20-7-8-24-18-12-23-11-17(18)20;/h2-10,13,23H,11-12H2,1H3,(H,25,26,27);1H4. The molecule has 2 N–H and O–H groups in total. The van der Waals surface area contributed by atoms with E-state index in [1.165, 1.54) is 10.5 Å². The van der Waals surface area contributed by atoms with Crippen molar-refractivity contribution in [1.29, 1.82) is 0 Å². The van der Waals surface area contributed by atoms with Gasteiger partial charge in [-0.1, -0.05) is 37.4 Å². The molecule has 31 heavy (non-hydrogen) atoms. The Morgan fingerprint density at radius 2 is 2.00 bits per heavy atom. The van der Waals surface area contributed by atoms with E-state index in [1.807, 2.05) is 61.1 Å². The van der Waals surface area contributed by atoms with E-state index < -0.39 is 0 Å². The van der Waals surface area contributed by atoms with Gasteiger partial charge in [0.15, 0.2) is 16.7 Å². The van der Waals surface area contributed by atoms with Gasteiger partial charge in [0.25, 0.3) is 0 Å². The quantitative estimate of drug-likeness (QED) is 0.365. The minimum absolute atomic E-state index is 0. The van der Waals surface area contributed by atoms with Crippen molar-refractivity contribution in [2.45, 2.75) is 37.2 Å². The maximum Gasteiger partial charge on any atom is 0.188 e. The lowest BCUT2D eigenvalue weighted by molar-refractivity contribution is 0.481. The first-order chi connectivity index (χ1) is 14.7. The predicted octanol–water partition coefficient (Wildman–Crippen LogP) is 6.17. The normalized spacial score (nSPS) is 12.2. The molecule has 4 aromatic rings. The SMILES string of the molecule is C.Cc1csc(Nc2ncc(Sc3ccnc4c3CNC4)cc2Oc2ccccc2)n1. The second-order valence-electron chi connectivity index (χ2n) is 6.79. The number of hydrogen-bond donors (Lipinski definition) is 2. The minimum Gasteiger partial charge on any atom is -0.453 e. The highest BCUT2D eigenvalue weighted by Crippen LogP contribution is 2.38. The van der Waals surface area contributed by atoms with Crippen LogP contribution in [0.5, 0.6) is 11.5 Å². The maximum atomic E-state index is 6.17. The van der Waals surface area contributed by atoms with Crippen molar-refractivity contribution in [3.05, 3.63) is 77.2 Å². The Labute approximate surface area is 190 Å². The number of fused-ring (bicyclic) bond motifs is 1. The molecule has 1 aliphatic heterocycles. The number of aromatic nitrogens is 3. The van der Waals surface area contributed by atoms with Crippen LogP contribution in [0.15, 0.2) is 70.0 Å².